The molecule has 66 valence electrons. The number of hydrogen-bond donors (Lipinski definition) is 2. The third-order valence-electron chi connectivity index (χ3n) is 1.75. The van der Waals surface area contributed by atoms with Crippen LogP contribution in [-0.4, -0.2) is 10.2 Å². The van der Waals surface area contributed by atoms with Crippen LogP contribution in [0, 0.1) is 5.82 Å². The smallest absolute Gasteiger partial charge is 0.206 e. The lowest BCUT2D eigenvalue weighted by Gasteiger charge is -2.08. The van der Waals surface area contributed by atoms with Gasteiger partial charge in [0.15, 0.2) is 11.5 Å². The molecule has 12 heavy (non-hydrogen) atoms. The molecule has 0 aromatic heterocycles. The summed E-state index contributed by atoms with van der Waals surface area (Å²) in [5.74, 6) is -1.87. The third kappa shape index (κ3) is 1.35. The first kappa shape index (κ1) is 8.84. The van der Waals surface area contributed by atoms with Crippen LogP contribution in [0.2, 0.25) is 0 Å². The van der Waals surface area contributed by atoms with Gasteiger partial charge in [0.05, 0.1) is 0 Å². The molecule has 0 saturated heterocycles. The molecular weight excluding hydrogens is 159 g/mol. The van der Waals surface area contributed by atoms with Gasteiger partial charge in [-0.3, -0.25) is 0 Å². The molecule has 0 spiro atoms. The monoisotopic (exact) mass is 170 g/mol. The number of hydrogen-bond acceptors (Lipinski definition) is 2. The van der Waals surface area contributed by atoms with E-state index < -0.39 is 17.3 Å². The molecule has 0 aliphatic rings. The Morgan fingerprint density at radius 1 is 1.25 bits per heavy atom. The standard InChI is InChI=1S/C9H11FO2/c1-5(2)6-3-4-7(11)8(10)9(6)12/h3-5,11-12H,1-2H3. The minimum Gasteiger partial charge on any atom is -0.505 e. The fourth-order valence-electron chi connectivity index (χ4n) is 1.03. The summed E-state index contributed by atoms with van der Waals surface area (Å²) in [5.41, 5.74) is 0.505. The first-order chi connectivity index (χ1) is 5.54. The zero-order valence-electron chi connectivity index (χ0n) is 7.00. The molecule has 0 heterocycles. The van der Waals surface area contributed by atoms with E-state index in [4.69, 9.17) is 5.11 Å². The molecule has 1 aromatic rings. The average molecular weight is 170 g/mol. The van der Waals surface area contributed by atoms with Crippen LogP contribution >= 0.6 is 0 Å². The van der Waals surface area contributed by atoms with Crippen molar-refractivity contribution in [2.45, 2.75) is 19.8 Å². The highest BCUT2D eigenvalue weighted by Gasteiger charge is 2.13. The van der Waals surface area contributed by atoms with Gasteiger partial charge < -0.3 is 10.2 Å². The predicted molar refractivity (Wildman–Crippen MR) is 43.8 cm³/mol. The highest BCUT2D eigenvalue weighted by atomic mass is 19.1. The molecule has 0 aliphatic heterocycles. The number of rotatable bonds is 1. The lowest BCUT2D eigenvalue weighted by Crippen LogP contribution is -1.90. The molecule has 0 fully saturated rings. The van der Waals surface area contributed by atoms with E-state index >= 15 is 0 Å². The largest absolute Gasteiger partial charge is 0.505 e. The molecular formula is C9H11FO2. The Hall–Kier alpha value is -1.25. The normalized spacial score (nSPS) is 10.7. The minimum absolute atomic E-state index is 0.0418. The summed E-state index contributed by atoms with van der Waals surface area (Å²) in [6.45, 7) is 3.68. The number of aromatic hydroxyl groups is 2. The van der Waals surface area contributed by atoms with Crippen molar-refractivity contribution in [3.8, 4) is 11.5 Å². The van der Waals surface area contributed by atoms with Crippen LogP contribution in [0.1, 0.15) is 25.3 Å². The van der Waals surface area contributed by atoms with Gasteiger partial charge in [-0.25, -0.2) is 0 Å². The first-order valence-corrected chi connectivity index (χ1v) is 3.74. The van der Waals surface area contributed by atoms with Crippen LogP contribution < -0.4 is 0 Å². The zero-order valence-corrected chi connectivity index (χ0v) is 7.00. The molecule has 0 amide bonds. The fraction of sp³-hybridized carbons (Fsp3) is 0.333. The highest BCUT2D eigenvalue weighted by Crippen LogP contribution is 2.32. The van der Waals surface area contributed by atoms with Crippen molar-refractivity contribution < 1.29 is 14.6 Å². The summed E-state index contributed by atoms with van der Waals surface area (Å²) >= 11 is 0. The van der Waals surface area contributed by atoms with Gasteiger partial charge in [-0.05, 0) is 17.5 Å². The van der Waals surface area contributed by atoms with E-state index in [1.165, 1.54) is 12.1 Å². The van der Waals surface area contributed by atoms with Crippen LogP contribution in [-0.2, 0) is 0 Å². The van der Waals surface area contributed by atoms with Crippen molar-refractivity contribution in [2.24, 2.45) is 0 Å². The third-order valence-corrected chi connectivity index (χ3v) is 1.75. The average Bonchev–Trinajstić information content (AvgIpc) is 2.00. The molecule has 0 unspecified atom stereocenters. The molecule has 0 aliphatic carbocycles. The maximum absolute atomic E-state index is 12.9. The molecule has 1 rings (SSSR count). The summed E-state index contributed by atoms with van der Waals surface area (Å²) in [4.78, 5) is 0. The molecule has 0 atom stereocenters. The molecule has 0 radical (unpaired) electrons. The first-order valence-electron chi connectivity index (χ1n) is 3.74. The van der Waals surface area contributed by atoms with Crippen molar-refractivity contribution in [2.75, 3.05) is 0 Å². The lowest BCUT2D eigenvalue weighted by molar-refractivity contribution is 0.384. The Morgan fingerprint density at radius 3 is 2.33 bits per heavy atom. The van der Waals surface area contributed by atoms with Crippen molar-refractivity contribution in [3.63, 3.8) is 0 Å². The van der Waals surface area contributed by atoms with Crippen molar-refractivity contribution >= 4 is 0 Å². The quantitative estimate of drug-likeness (QED) is 0.679. The number of benzene rings is 1. The maximum atomic E-state index is 12.9. The van der Waals surface area contributed by atoms with Gasteiger partial charge in [-0.1, -0.05) is 19.9 Å². The van der Waals surface area contributed by atoms with Gasteiger partial charge in [0, 0.05) is 0 Å². The van der Waals surface area contributed by atoms with Gasteiger partial charge in [-0.2, -0.15) is 4.39 Å². The molecule has 1 aromatic carbocycles. The van der Waals surface area contributed by atoms with Gasteiger partial charge in [-0.15, -0.1) is 0 Å². The van der Waals surface area contributed by atoms with Crippen molar-refractivity contribution in [1.29, 1.82) is 0 Å². The molecule has 2 N–H and O–H groups in total. The number of phenolic OH excluding ortho intramolecular Hbond substituents is 2. The summed E-state index contributed by atoms with van der Waals surface area (Å²) in [7, 11) is 0. The van der Waals surface area contributed by atoms with Gasteiger partial charge in [0.25, 0.3) is 0 Å². The van der Waals surface area contributed by atoms with E-state index in [0.29, 0.717) is 5.56 Å². The summed E-state index contributed by atoms with van der Waals surface area (Å²) < 4.78 is 12.9. The molecule has 0 bridgehead atoms. The molecule has 0 saturated carbocycles. The topological polar surface area (TPSA) is 40.5 Å². The maximum Gasteiger partial charge on any atom is 0.206 e. The molecule has 3 heteroatoms. The summed E-state index contributed by atoms with van der Waals surface area (Å²) in [6, 6.07) is 2.75. The van der Waals surface area contributed by atoms with Crippen molar-refractivity contribution in [3.05, 3.63) is 23.5 Å². The van der Waals surface area contributed by atoms with E-state index in [0.717, 1.165) is 0 Å². The second-order valence-corrected chi connectivity index (χ2v) is 2.99. The van der Waals surface area contributed by atoms with Crippen molar-refractivity contribution in [1.82, 2.24) is 0 Å². The van der Waals surface area contributed by atoms with Gasteiger partial charge in [0.2, 0.25) is 5.82 Å². The molecule has 2 nitrogen and oxygen atoms in total. The lowest BCUT2D eigenvalue weighted by atomic mass is 10.0. The zero-order chi connectivity index (χ0) is 9.30. The van der Waals surface area contributed by atoms with E-state index in [1.54, 1.807) is 0 Å². The van der Waals surface area contributed by atoms with E-state index in [1.807, 2.05) is 13.8 Å². The van der Waals surface area contributed by atoms with E-state index in [2.05, 4.69) is 0 Å². The van der Waals surface area contributed by atoms with E-state index in [9.17, 15) is 9.50 Å². The summed E-state index contributed by atoms with van der Waals surface area (Å²) in [5, 5.41) is 18.1. The Balaban J connectivity index is 3.27. The van der Waals surface area contributed by atoms with Crippen LogP contribution in [0.25, 0.3) is 0 Å². The highest BCUT2D eigenvalue weighted by molar-refractivity contribution is 5.42. The van der Waals surface area contributed by atoms with Crippen LogP contribution in [0.5, 0.6) is 11.5 Å². The predicted octanol–water partition coefficient (Wildman–Crippen LogP) is 2.36. The summed E-state index contributed by atoms with van der Waals surface area (Å²) in [6.07, 6.45) is 0. The van der Waals surface area contributed by atoms with Gasteiger partial charge >= 0.3 is 0 Å². The Labute approximate surface area is 70.3 Å². The Bertz CT molecular complexity index is 295. The van der Waals surface area contributed by atoms with Gasteiger partial charge in [0.1, 0.15) is 0 Å². The number of phenols is 2. The second kappa shape index (κ2) is 3.01. The van der Waals surface area contributed by atoms with Crippen LogP contribution in [0.15, 0.2) is 12.1 Å². The van der Waals surface area contributed by atoms with Crippen LogP contribution in [0.4, 0.5) is 4.39 Å². The SMILES string of the molecule is CC(C)c1ccc(O)c(F)c1O. The van der Waals surface area contributed by atoms with Crippen LogP contribution in [0.3, 0.4) is 0 Å². The number of halogens is 1. The second-order valence-electron chi connectivity index (χ2n) is 2.99. The van der Waals surface area contributed by atoms with E-state index in [-0.39, 0.29) is 5.92 Å². The minimum atomic E-state index is -0.943. The Morgan fingerprint density at radius 2 is 1.83 bits per heavy atom. The fourth-order valence-corrected chi connectivity index (χ4v) is 1.03. The Kier molecular flexibility index (Phi) is 2.22.